The van der Waals surface area contributed by atoms with Gasteiger partial charge in [-0.25, -0.2) is 4.98 Å². The molecule has 2 aliphatic rings. The Labute approximate surface area is 142 Å². The van der Waals surface area contributed by atoms with E-state index in [1.165, 1.54) is 29.8 Å². The third kappa shape index (κ3) is 4.31. The van der Waals surface area contributed by atoms with Gasteiger partial charge in [0, 0.05) is 18.0 Å². The summed E-state index contributed by atoms with van der Waals surface area (Å²) < 4.78 is 5.70. The van der Waals surface area contributed by atoms with E-state index in [1.807, 2.05) is 37.1 Å². The highest BCUT2D eigenvalue weighted by molar-refractivity contribution is 7.11. The molecule has 0 bridgehead atoms. The summed E-state index contributed by atoms with van der Waals surface area (Å²) in [6.45, 7) is 6.66. The standard InChI is InChI=1S/C17H27N3O2S/c1-12-8-20(9-13(2)22-12)17(21)11-19(3)10-16-18-14-6-4-5-7-15(14)23-16/h12-13H,4-11H2,1-3H3/t12-,13+. The van der Waals surface area contributed by atoms with Crippen LogP contribution in [0.25, 0.3) is 0 Å². The van der Waals surface area contributed by atoms with Gasteiger partial charge in [-0.15, -0.1) is 11.3 Å². The Morgan fingerprint density at radius 1 is 1.30 bits per heavy atom. The molecule has 2 heterocycles. The number of likely N-dealkylation sites (N-methyl/N-ethyl adjacent to an activating group) is 1. The molecule has 0 N–H and O–H groups in total. The Morgan fingerprint density at radius 2 is 2.00 bits per heavy atom. The van der Waals surface area contributed by atoms with E-state index in [0.717, 1.165) is 18.0 Å². The van der Waals surface area contributed by atoms with E-state index >= 15 is 0 Å². The highest BCUT2D eigenvalue weighted by atomic mass is 32.1. The number of morpholine rings is 1. The van der Waals surface area contributed by atoms with Crippen molar-refractivity contribution in [2.75, 3.05) is 26.7 Å². The second-order valence-electron chi connectivity index (χ2n) is 6.91. The lowest BCUT2D eigenvalue weighted by Gasteiger charge is -2.36. The maximum absolute atomic E-state index is 12.5. The molecule has 3 rings (SSSR count). The number of hydrogen-bond acceptors (Lipinski definition) is 5. The topological polar surface area (TPSA) is 45.7 Å². The van der Waals surface area contributed by atoms with Crippen molar-refractivity contribution in [2.45, 2.75) is 58.3 Å². The molecule has 23 heavy (non-hydrogen) atoms. The fourth-order valence-electron chi connectivity index (χ4n) is 3.47. The molecule has 0 unspecified atom stereocenters. The van der Waals surface area contributed by atoms with Crippen LogP contribution in [0.5, 0.6) is 0 Å². The van der Waals surface area contributed by atoms with Gasteiger partial charge < -0.3 is 9.64 Å². The normalized spacial score (nSPS) is 24.8. The third-order valence-electron chi connectivity index (χ3n) is 4.47. The van der Waals surface area contributed by atoms with Gasteiger partial charge in [0.15, 0.2) is 0 Å². The van der Waals surface area contributed by atoms with Crippen molar-refractivity contribution in [1.29, 1.82) is 0 Å². The predicted octanol–water partition coefficient (Wildman–Crippen LogP) is 2.09. The van der Waals surface area contributed by atoms with Gasteiger partial charge in [0.1, 0.15) is 5.01 Å². The number of aromatic nitrogens is 1. The molecule has 1 aliphatic heterocycles. The molecule has 2 atom stereocenters. The quantitative estimate of drug-likeness (QED) is 0.844. The van der Waals surface area contributed by atoms with Crippen LogP contribution in [0, 0.1) is 0 Å². The largest absolute Gasteiger partial charge is 0.372 e. The molecule has 1 aromatic heterocycles. The van der Waals surface area contributed by atoms with Gasteiger partial charge in [-0.05, 0) is 46.6 Å². The lowest BCUT2D eigenvalue weighted by Crippen LogP contribution is -2.50. The summed E-state index contributed by atoms with van der Waals surface area (Å²) in [7, 11) is 2.01. The van der Waals surface area contributed by atoms with Crippen molar-refractivity contribution in [1.82, 2.24) is 14.8 Å². The molecular formula is C17H27N3O2S. The first-order valence-corrected chi connectivity index (χ1v) is 9.42. The Hall–Kier alpha value is -0.980. The molecule has 1 amide bonds. The van der Waals surface area contributed by atoms with Crippen molar-refractivity contribution in [3.8, 4) is 0 Å². The smallest absolute Gasteiger partial charge is 0.236 e. The lowest BCUT2D eigenvalue weighted by atomic mass is 10.0. The van der Waals surface area contributed by atoms with E-state index in [0.29, 0.717) is 19.6 Å². The van der Waals surface area contributed by atoms with Gasteiger partial charge in [0.05, 0.1) is 31.0 Å². The van der Waals surface area contributed by atoms with E-state index in [2.05, 4.69) is 4.90 Å². The van der Waals surface area contributed by atoms with Gasteiger partial charge in [0.2, 0.25) is 5.91 Å². The van der Waals surface area contributed by atoms with Crippen molar-refractivity contribution >= 4 is 17.2 Å². The second-order valence-corrected chi connectivity index (χ2v) is 8.08. The molecule has 1 aliphatic carbocycles. The zero-order valence-electron chi connectivity index (χ0n) is 14.4. The van der Waals surface area contributed by atoms with E-state index in [-0.39, 0.29) is 18.1 Å². The Kier molecular flexibility index (Phi) is 5.34. The second kappa shape index (κ2) is 7.28. The maximum Gasteiger partial charge on any atom is 0.236 e. The predicted molar refractivity (Wildman–Crippen MR) is 91.7 cm³/mol. The monoisotopic (exact) mass is 337 g/mol. The van der Waals surface area contributed by atoms with E-state index in [4.69, 9.17) is 9.72 Å². The SMILES string of the molecule is C[C@@H]1CN(C(=O)CN(C)Cc2nc3c(s2)CCCC3)C[C@H](C)O1. The molecule has 0 radical (unpaired) electrons. The van der Waals surface area contributed by atoms with Crippen LogP contribution in [0.4, 0.5) is 0 Å². The van der Waals surface area contributed by atoms with Crippen LogP contribution < -0.4 is 0 Å². The fourth-order valence-corrected chi connectivity index (χ4v) is 4.71. The van der Waals surface area contributed by atoms with Crippen LogP contribution in [0.3, 0.4) is 0 Å². The number of aryl methyl sites for hydroxylation is 2. The average Bonchev–Trinajstić information content (AvgIpc) is 2.87. The van der Waals surface area contributed by atoms with E-state index in [9.17, 15) is 4.79 Å². The molecule has 1 aromatic rings. The first kappa shape index (κ1) is 16.9. The summed E-state index contributed by atoms with van der Waals surface area (Å²) in [5.74, 6) is 0.191. The minimum Gasteiger partial charge on any atom is -0.372 e. The third-order valence-corrected chi connectivity index (χ3v) is 5.61. The van der Waals surface area contributed by atoms with Crippen LogP contribution in [0.1, 0.15) is 42.3 Å². The molecule has 1 saturated heterocycles. The van der Waals surface area contributed by atoms with Gasteiger partial charge in [-0.3, -0.25) is 9.69 Å². The van der Waals surface area contributed by atoms with E-state index in [1.54, 1.807) is 0 Å². The molecule has 5 nitrogen and oxygen atoms in total. The summed E-state index contributed by atoms with van der Waals surface area (Å²) in [6, 6.07) is 0. The highest BCUT2D eigenvalue weighted by Gasteiger charge is 2.26. The van der Waals surface area contributed by atoms with Crippen LogP contribution in [0.2, 0.25) is 0 Å². The fraction of sp³-hybridized carbons (Fsp3) is 0.765. The molecule has 0 saturated carbocycles. The van der Waals surface area contributed by atoms with Crippen molar-refractivity contribution in [2.24, 2.45) is 0 Å². The number of rotatable bonds is 4. The summed E-state index contributed by atoms with van der Waals surface area (Å²) in [5, 5.41) is 1.15. The van der Waals surface area contributed by atoms with Crippen molar-refractivity contribution in [3.63, 3.8) is 0 Å². The Balaban J connectivity index is 1.53. The molecule has 128 valence electrons. The maximum atomic E-state index is 12.5. The number of ether oxygens (including phenoxy) is 1. The minimum atomic E-state index is 0.124. The van der Waals surface area contributed by atoms with Crippen LogP contribution in [0.15, 0.2) is 0 Å². The van der Waals surface area contributed by atoms with Gasteiger partial charge in [0.25, 0.3) is 0 Å². The average molecular weight is 337 g/mol. The number of carbonyl (C=O) groups excluding carboxylic acids is 1. The lowest BCUT2D eigenvalue weighted by molar-refractivity contribution is -0.144. The zero-order chi connectivity index (χ0) is 16.4. The van der Waals surface area contributed by atoms with Crippen LogP contribution >= 0.6 is 11.3 Å². The summed E-state index contributed by atoms with van der Waals surface area (Å²) in [5.41, 5.74) is 1.30. The van der Waals surface area contributed by atoms with Gasteiger partial charge >= 0.3 is 0 Å². The molecule has 6 heteroatoms. The van der Waals surface area contributed by atoms with Gasteiger partial charge in [-0.1, -0.05) is 0 Å². The Morgan fingerprint density at radius 3 is 2.70 bits per heavy atom. The number of nitrogens with zero attached hydrogens (tertiary/aromatic N) is 3. The summed E-state index contributed by atoms with van der Waals surface area (Å²) >= 11 is 1.83. The van der Waals surface area contributed by atoms with Gasteiger partial charge in [-0.2, -0.15) is 0 Å². The van der Waals surface area contributed by atoms with Crippen LogP contribution in [-0.2, 0) is 28.9 Å². The number of thiazole rings is 1. The number of fused-ring (bicyclic) bond motifs is 1. The summed E-state index contributed by atoms with van der Waals surface area (Å²) in [6.07, 6.45) is 5.10. The number of carbonyl (C=O) groups is 1. The first-order chi connectivity index (χ1) is 11.0. The summed E-state index contributed by atoms with van der Waals surface area (Å²) in [4.78, 5) is 22.7. The molecule has 1 fully saturated rings. The molecule has 0 spiro atoms. The first-order valence-electron chi connectivity index (χ1n) is 8.60. The van der Waals surface area contributed by atoms with Crippen molar-refractivity contribution in [3.05, 3.63) is 15.6 Å². The molecule has 0 aromatic carbocycles. The van der Waals surface area contributed by atoms with Crippen LogP contribution in [-0.4, -0.2) is 59.6 Å². The number of amides is 1. The van der Waals surface area contributed by atoms with Crippen molar-refractivity contribution < 1.29 is 9.53 Å². The minimum absolute atomic E-state index is 0.124. The Bertz CT molecular complexity index is 527. The van der Waals surface area contributed by atoms with E-state index < -0.39 is 0 Å². The highest BCUT2D eigenvalue weighted by Crippen LogP contribution is 2.27. The molecular weight excluding hydrogens is 310 g/mol. The number of hydrogen-bond donors (Lipinski definition) is 0. The zero-order valence-corrected chi connectivity index (χ0v) is 15.2.